The molecule has 0 saturated carbocycles. The third-order valence-electron chi connectivity index (χ3n) is 4.33. The van der Waals surface area contributed by atoms with Gasteiger partial charge in [0.1, 0.15) is 5.75 Å². The van der Waals surface area contributed by atoms with Gasteiger partial charge in [0.2, 0.25) is 0 Å². The Hall–Kier alpha value is -2.92. The third-order valence-corrected chi connectivity index (χ3v) is 4.33. The molecule has 0 bridgehead atoms. The second-order valence-electron chi connectivity index (χ2n) is 6.47. The summed E-state index contributed by atoms with van der Waals surface area (Å²) in [5.74, 6) is -0.239. The van der Waals surface area contributed by atoms with Crippen molar-refractivity contribution in [1.82, 2.24) is 0 Å². The first kappa shape index (κ1) is 21.4. The zero-order valence-corrected chi connectivity index (χ0v) is 16.1. The van der Waals surface area contributed by atoms with Gasteiger partial charge in [-0.15, -0.1) is 0 Å². The van der Waals surface area contributed by atoms with Crippen LogP contribution in [0, 0.1) is 0 Å². The minimum absolute atomic E-state index is 0.369. The van der Waals surface area contributed by atoms with Crippen LogP contribution in [0.1, 0.15) is 47.2 Å². The number of hydrogen-bond donors (Lipinski definition) is 1. The number of rotatable bonds is 11. The number of carbonyl (C=O) groups is 2. The summed E-state index contributed by atoms with van der Waals surface area (Å²) in [6, 6.07) is 14.7. The van der Waals surface area contributed by atoms with Crippen LogP contribution in [-0.4, -0.2) is 18.5 Å². The molecular formula is C23H27NO4. The summed E-state index contributed by atoms with van der Waals surface area (Å²) in [6.07, 6.45) is 6.11. The van der Waals surface area contributed by atoms with Crippen molar-refractivity contribution >= 4 is 11.9 Å². The van der Waals surface area contributed by atoms with Crippen molar-refractivity contribution < 1.29 is 19.1 Å². The van der Waals surface area contributed by atoms with E-state index < -0.39 is 0 Å². The monoisotopic (exact) mass is 381 g/mol. The van der Waals surface area contributed by atoms with E-state index in [2.05, 4.69) is 6.58 Å². The molecule has 0 heterocycles. The molecule has 2 rings (SSSR count). The Morgan fingerprint density at radius 3 is 2.18 bits per heavy atom. The largest absolute Gasteiger partial charge is 0.463 e. The lowest BCUT2D eigenvalue weighted by atomic mass is 10.0. The molecule has 0 aliphatic carbocycles. The summed E-state index contributed by atoms with van der Waals surface area (Å²) >= 11 is 0. The molecule has 0 spiro atoms. The Morgan fingerprint density at radius 1 is 0.893 bits per heavy atom. The van der Waals surface area contributed by atoms with Crippen molar-refractivity contribution in [2.45, 2.75) is 38.6 Å². The summed E-state index contributed by atoms with van der Waals surface area (Å²) in [7, 11) is 0. The number of benzene rings is 2. The molecule has 0 aliphatic rings. The van der Waals surface area contributed by atoms with Crippen LogP contribution in [-0.2, 0) is 22.5 Å². The van der Waals surface area contributed by atoms with E-state index in [1.54, 1.807) is 24.3 Å². The van der Waals surface area contributed by atoms with Crippen molar-refractivity contribution in [3.63, 3.8) is 0 Å². The van der Waals surface area contributed by atoms with Crippen molar-refractivity contribution in [1.29, 1.82) is 0 Å². The number of nitrogens with two attached hydrogens (primary N) is 1. The number of carbonyl (C=O) groups excluding carboxylic acids is 2. The molecular weight excluding hydrogens is 354 g/mol. The quantitative estimate of drug-likeness (QED) is 0.273. The molecule has 28 heavy (non-hydrogen) atoms. The summed E-state index contributed by atoms with van der Waals surface area (Å²) in [5.41, 5.74) is 8.25. The van der Waals surface area contributed by atoms with Crippen LogP contribution in [0.2, 0.25) is 0 Å². The average molecular weight is 381 g/mol. The van der Waals surface area contributed by atoms with Crippen LogP contribution in [0.15, 0.2) is 61.2 Å². The molecule has 0 radical (unpaired) electrons. The lowest BCUT2D eigenvalue weighted by molar-refractivity contribution is -0.137. The van der Waals surface area contributed by atoms with E-state index in [-0.39, 0.29) is 11.9 Å². The standard InChI is InChI=1S/C23H27NO4/c1-2-22(25)27-16-6-4-3-5-7-18-8-12-20(13-9-18)23(26)28-21-14-10-19(17-24)11-15-21/h2,8-15H,1,3-7,16-17,24H2. The highest BCUT2D eigenvalue weighted by atomic mass is 16.5. The molecule has 0 saturated heterocycles. The van der Waals surface area contributed by atoms with Gasteiger partial charge < -0.3 is 15.2 Å². The Balaban J connectivity index is 1.69. The van der Waals surface area contributed by atoms with Gasteiger partial charge in [0.15, 0.2) is 0 Å². The summed E-state index contributed by atoms with van der Waals surface area (Å²) in [5, 5.41) is 0. The Bertz CT molecular complexity index is 766. The fourth-order valence-electron chi connectivity index (χ4n) is 2.68. The highest BCUT2D eigenvalue weighted by Crippen LogP contribution is 2.15. The number of ether oxygens (including phenoxy) is 2. The van der Waals surface area contributed by atoms with E-state index in [4.69, 9.17) is 15.2 Å². The molecule has 2 aromatic carbocycles. The van der Waals surface area contributed by atoms with Crippen molar-refractivity contribution in [3.8, 4) is 5.75 Å². The van der Waals surface area contributed by atoms with E-state index in [1.165, 1.54) is 11.6 Å². The number of esters is 2. The third kappa shape index (κ3) is 7.37. The first-order valence-corrected chi connectivity index (χ1v) is 9.51. The zero-order valence-electron chi connectivity index (χ0n) is 16.1. The van der Waals surface area contributed by atoms with Gasteiger partial charge in [0.05, 0.1) is 12.2 Å². The fraction of sp³-hybridized carbons (Fsp3) is 0.304. The first-order valence-electron chi connectivity index (χ1n) is 9.51. The molecule has 2 aromatic rings. The predicted octanol–water partition coefficient (Wildman–Crippen LogP) is 4.20. The summed E-state index contributed by atoms with van der Waals surface area (Å²) < 4.78 is 10.3. The van der Waals surface area contributed by atoms with Crippen molar-refractivity contribution in [2.75, 3.05) is 6.61 Å². The lowest BCUT2D eigenvalue weighted by Gasteiger charge is -2.07. The van der Waals surface area contributed by atoms with E-state index in [0.29, 0.717) is 24.5 Å². The van der Waals surface area contributed by atoms with Gasteiger partial charge in [0.25, 0.3) is 0 Å². The minimum atomic E-state index is -0.374. The maximum absolute atomic E-state index is 12.2. The molecule has 0 atom stereocenters. The Labute approximate surface area is 166 Å². The Morgan fingerprint density at radius 2 is 1.54 bits per heavy atom. The van der Waals surface area contributed by atoms with Gasteiger partial charge in [0, 0.05) is 12.6 Å². The zero-order chi connectivity index (χ0) is 20.2. The highest BCUT2D eigenvalue weighted by Gasteiger charge is 2.08. The number of unbranched alkanes of at least 4 members (excludes halogenated alkanes) is 3. The van der Waals surface area contributed by atoms with Crippen molar-refractivity contribution in [2.24, 2.45) is 5.73 Å². The maximum atomic E-state index is 12.2. The van der Waals surface area contributed by atoms with Gasteiger partial charge in [-0.2, -0.15) is 0 Å². The van der Waals surface area contributed by atoms with Gasteiger partial charge in [-0.25, -0.2) is 9.59 Å². The van der Waals surface area contributed by atoms with Crippen LogP contribution in [0.3, 0.4) is 0 Å². The van der Waals surface area contributed by atoms with Crippen LogP contribution in [0.4, 0.5) is 0 Å². The fourth-order valence-corrected chi connectivity index (χ4v) is 2.68. The number of aryl methyl sites for hydroxylation is 1. The summed E-state index contributed by atoms with van der Waals surface area (Å²) in [6.45, 7) is 4.26. The molecule has 0 amide bonds. The summed E-state index contributed by atoms with van der Waals surface area (Å²) in [4.78, 5) is 23.1. The van der Waals surface area contributed by atoms with Crippen molar-refractivity contribution in [3.05, 3.63) is 77.9 Å². The minimum Gasteiger partial charge on any atom is -0.463 e. The molecule has 148 valence electrons. The number of hydrogen-bond acceptors (Lipinski definition) is 5. The van der Waals surface area contributed by atoms with E-state index in [1.807, 2.05) is 24.3 Å². The predicted molar refractivity (Wildman–Crippen MR) is 109 cm³/mol. The maximum Gasteiger partial charge on any atom is 0.343 e. The molecule has 5 heteroatoms. The van der Waals surface area contributed by atoms with Crippen LogP contribution in [0.5, 0.6) is 5.75 Å². The van der Waals surface area contributed by atoms with E-state index in [0.717, 1.165) is 37.7 Å². The molecule has 0 unspecified atom stereocenters. The lowest BCUT2D eigenvalue weighted by Crippen LogP contribution is -2.08. The second kappa shape index (κ2) is 11.7. The molecule has 0 aliphatic heterocycles. The van der Waals surface area contributed by atoms with Crippen LogP contribution >= 0.6 is 0 Å². The first-order chi connectivity index (χ1) is 13.6. The highest BCUT2D eigenvalue weighted by molar-refractivity contribution is 5.91. The smallest absolute Gasteiger partial charge is 0.343 e. The molecule has 2 N–H and O–H groups in total. The van der Waals surface area contributed by atoms with Gasteiger partial charge in [-0.05, 0) is 54.7 Å². The normalized spacial score (nSPS) is 10.3. The van der Waals surface area contributed by atoms with Crippen LogP contribution < -0.4 is 10.5 Å². The van der Waals surface area contributed by atoms with E-state index >= 15 is 0 Å². The van der Waals surface area contributed by atoms with Gasteiger partial charge in [-0.1, -0.05) is 43.7 Å². The van der Waals surface area contributed by atoms with E-state index in [9.17, 15) is 9.59 Å². The SMILES string of the molecule is C=CC(=O)OCCCCCCc1ccc(C(=O)Oc2ccc(CN)cc2)cc1. The second-order valence-corrected chi connectivity index (χ2v) is 6.47. The average Bonchev–Trinajstić information content (AvgIpc) is 2.73. The van der Waals surface area contributed by atoms with Gasteiger partial charge in [-0.3, -0.25) is 0 Å². The molecule has 5 nitrogen and oxygen atoms in total. The molecule has 0 aromatic heterocycles. The topological polar surface area (TPSA) is 78.6 Å². The van der Waals surface area contributed by atoms with Gasteiger partial charge >= 0.3 is 11.9 Å². The molecule has 0 fully saturated rings. The Kier molecular flexibility index (Phi) is 8.95. The van der Waals surface area contributed by atoms with Crippen LogP contribution in [0.25, 0.3) is 0 Å².